The van der Waals surface area contributed by atoms with Crippen LogP contribution in [-0.2, 0) is 11.3 Å². The summed E-state index contributed by atoms with van der Waals surface area (Å²) in [4.78, 5) is 25.5. The summed E-state index contributed by atoms with van der Waals surface area (Å²) in [6.07, 6.45) is 4.44. The summed E-state index contributed by atoms with van der Waals surface area (Å²) in [6, 6.07) is 0. The molecule has 120 valence electrons. The van der Waals surface area contributed by atoms with Crippen LogP contribution in [0.4, 0.5) is 0 Å². The van der Waals surface area contributed by atoms with E-state index in [0.717, 1.165) is 25.1 Å². The molecule has 1 aromatic rings. The number of amides is 1. The summed E-state index contributed by atoms with van der Waals surface area (Å²) >= 11 is 0. The van der Waals surface area contributed by atoms with E-state index in [4.69, 9.17) is 5.11 Å². The highest BCUT2D eigenvalue weighted by molar-refractivity contribution is 5.96. The van der Waals surface area contributed by atoms with E-state index in [1.165, 1.54) is 0 Å². The van der Waals surface area contributed by atoms with Crippen LogP contribution in [0, 0.1) is 11.8 Å². The van der Waals surface area contributed by atoms with Crippen molar-refractivity contribution in [2.45, 2.75) is 45.6 Å². The molecule has 1 saturated carbocycles. The zero-order valence-electron chi connectivity index (χ0n) is 13.2. The van der Waals surface area contributed by atoms with Crippen LogP contribution >= 0.6 is 0 Å². The molecular formula is C16H23N3O3. The van der Waals surface area contributed by atoms with Gasteiger partial charge in [0.25, 0.3) is 5.91 Å². The first-order chi connectivity index (χ1) is 10.5. The van der Waals surface area contributed by atoms with Gasteiger partial charge in [-0.1, -0.05) is 13.8 Å². The second-order valence-electron chi connectivity index (χ2n) is 6.87. The van der Waals surface area contributed by atoms with E-state index >= 15 is 0 Å². The van der Waals surface area contributed by atoms with Crippen molar-refractivity contribution in [1.29, 1.82) is 0 Å². The third-order valence-electron chi connectivity index (χ3n) is 4.44. The predicted molar refractivity (Wildman–Crippen MR) is 80.7 cm³/mol. The molecule has 2 heterocycles. The zero-order valence-corrected chi connectivity index (χ0v) is 13.2. The number of aliphatic carboxylic acids is 1. The van der Waals surface area contributed by atoms with Gasteiger partial charge in [-0.2, -0.15) is 5.10 Å². The molecule has 2 fully saturated rings. The molecule has 0 radical (unpaired) electrons. The topological polar surface area (TPSA) is 75.4 Å². The monoisotopic (exact) mass is 305 g/mol. The van der Waals surface area contributed by atoms with E-state index in [-0.39, 0.29) is 5.91 Å². The van der Waals surface area contributed by atoms with Crippen molar-refractivity contribution in [3.8, 4) is 0 Å². The van der Waals surface area contributed by atoms with E-state index in [2.05, 4.69) is 18.9 Å². The molecule has 1 unspecified atom stereocenters. The van der Waals surface area contributed by atoms with Gasteiger partial charge in [0.05, 0.1) is 23.4 Å². The maximum atomic E-state index is 12.7. The average Bonchev–Trinajstić information content (AvgIpc) is 3.01. The lowest BCUT2D eigenvalue weighted by atomic mass is 10.1. The summed E-state index contributed by atoms with van der Waals surface area (Å²) in [6.45, 7) is 5.93. The first kappa shape index (κ1) is 15.1. The SMILES string of the molecule is CC(C)Cn1ncc(C(=O)N2CCC(C(=O)O)C2)c1C1CC1. The van der Waals surface area contributed by atoms with Gasteiger partial charge in [0, 0.05) is 25.6 Å². The van der Waals surface area contributed by atoms with E-state index in [9.17, 15) is 9.59 Å². The molecule has 0 bridgehead atoms. The molecule has 0 spiro atoms. The summed E-state index contributed by atoms with van der Waals surface area (Å²) in [5, 5.41) is 13.5. The van der Waals surface area contributed by atoms with Crippen molar-refractivity contribution < 1.29 is 14.7 Å². The lowest BCUT2D eigenvalue weighted by Crippen LogP contribution is -2.30. The number of rotatable bonds is 5. The maximum absolute atomic E-state index is 12.7. The van der Waals surface area contributed by atoms with Crippen molar-refractivity contribution in [3.05, 3.63) is 17.5 Å². The summed E-state index contributed by atoms with van der Waals surface area (Å²) in [5.41, 5.74) is 1.73. The van der Waals surface area contributed by atoms with Crippen LogP contribution in [0.1, 0.15) is 55.1 Å². The molecule has 22 heavy (non-hydrogen) atoms. The Bertz CT molecular complexity index is 589. The third-order valence-corrected chi connectivity index (χ3v) is 4.44. The molecule has 1 aliphatic carbocycles. The quantitative estimate of drug-likeness (QED) is 0.902. The molecule has 6 heteroatoms. The van der Waals surface area contributed by atoms with Gasteiger partial charge >= 0.3 is 5.97 Å². The van der Waals surface area contributed by atoms with Crippen LogP contribution in [0.15, 0.2) is 6.20 Å². The summed E-state index contributed by atoms with van der Waals surface area (Å²) in [5.74, 6) is -0.380. The highest BCUT2D eigenvalue weighted by Gasteiger charge is 2.36. The molecule has 1 saturated heterocycles. The Morgan fingerprint density at radius 3 is 2.64 bits per heavy atom. The number of aromatic nitrogens is 2. The Morgan fingerprint density at radius 2 is 2.09 bits per heavy atom. The molecule has 6 nitrogen and oxygen atoms in total. The number of carboxylic acid groups (broad SMARTS) is 1. The van der Waals surface area contributed by atoms with Crippen LogP contribution in [0.5, 0.6) is 0 Å². The number of likely N-dealkylation sites (tertiary alicyclic amines) is 1. The largest absolute Gasteiger partial charge is 0.481 e. The summed E-state index contributed by atoms with van der Waals surface area (Å²) < 4.78 is 1.97. The van der Waals surface area contributed by atoms with Crippen molar-refractivity contribution >= 4 is 11.9 Å². The normalized spacial score (nSPS) is 21.6. The Hall–Kier alpha value is -1.85. The lowest BCUT2D eigenvalue weighted by molar-refractivity contribution is -0.141. The number of hydrogen-bond donors (Lipinski definition) is 1. The van der Waals surface area contributed by atoms with Crippen molar-refractivity contribution in [2.75, 3.05) is 13.1 Å². The molecule has 1 atom stereocenters. The molecule has 1 N–H and O–H groups in total. The number of hydrogen-bond acceptors (Lipinski definition) is 3. The van der Waals surface area contributed by atoms with Crippen molar-refractivity contribution in [3.63, 3.8) is 0 Å². The average molecular weight is 305 g/mol. The van der Waals surface area contributed by atoms with Gasteiger partial charge < -0.3 is 10.0 Å². The fourth-order valence-corrected chi connectivity index (χ4v) is 3.16. The summed E-state index contributed by atoms with van der Waals surface area (Å²) in [7, 11) is 0. The molecule has 0 aromatic carbocycles. The van der Waals surface area contributed by atoms with Crippen LogP contribution in [0.3, 0.4) is 0 Å². The molecule has 3 rings (SSSR count). The fourth-order valence-electron chi connectivity index (χ4n) is 3.16. The molecular weight excluding hydrogens is 282 g/mol. The molecule has 2 aliphatic rings. The van der Waals surface area contributed by atoms with Gasteiger partial charge in [0.1, 0.15) is 0 Å². The Labute approximate surface area is 130 Å². The second-order valence-corrected chi connectivity index (χ2v) is 6.87. The third kappa shape index (κ3) is 2.87. The van der Waals surface area contributed by atoms with Gasteiger partial charge in [-0.25, -0.2) is 0 Å². The van der Waals surface area contributed by atoms with Crippen molar-refractivity contribution in [1.82, 2.24) is 14.7 Å². The fraction of sp³-hybridized carbons (Fsp3) is 0.688. The number of carboxylic acids is 1. The standard InChI is InChI=1S/C16H23N3O3/c1-10(2)8-19-14(11-3-4-11)13(7-17-19)15(20)18-6-5-12(9-18)16(21)22/h7,10-12H,3-6,8-9H2,1-2H3,(H,21,22). The second kappa shape index (κ2) is 5.74. The molecule has 1 aromatic heterocycles. The Kier molecular flexibility index (Phi) is 3.93. The van der Waals surface area contributed by atoms with E-state index in [0.29, 0.717) is 36.9 Å². The number of carbonyl (C=O) groups is 2. The number of nitrogens with zero attached hydrogens (tertiary/aromatic N) is 3. The lowest BCUT2D eigenvalue weighted by Gasteiger charge is -2.17. The Balaban J connectivity index is 1.81. The minimum Gasteiger partial charge on any atom is -0.481 e. The molecule has 1 amide bonds. The van der Waals surface area contributed by atoms with Crippen LogP contribution in [-0.4, -0.2) is 44.8 Å². The van der Waals surface area contributed by atoms with Crippen LogP contribution in [0.25, 0.3) is 0 Å². The van der Waals surface area contributed by atoms with Gasteiger partial charge in [-0.15, -0.1) is 0 Å². The minimum absolute atomic E-state index is 0.0549. The van der Waals surface area contributed by atoms with Gasteiger partial charge in [0.15, 0.2) is 0 Å². The predicted octanol–water partition coefficient (Wildman–Crippen LogP) is 1.96. The molecule has 1 aliphatic heterocycles. The highest BCUT2D eigenvalue weighted by atomic mass is 16.4. The smallest absolute Gasteiger partial charge is 0.308 e. The van der Waals surface area contributed by atoms with E-state index in [1.54, 1.807) is 11.1 Å². The van der Waals surface area contributed by atoms with E-state index < -0.39 is 11.9 Å². The van der Waals surface area contributed by atoms with Crippen LogP contribution < -0.4 is 0 Å². The van der Waals surface area contributed by atoms with Crippen LogP contribution in [0.2, 0.25) is 0 Å². The number of carbonyl (C=O) groups excluding carboxylic acids is 1. The van der Waals surface area contributed by atoms with E-state index in [1.807, 2.05) is 4.68 Å². The minimum atomic E-state index is -0.812. The highest BCUT2D eigenvalue weighted by Crippen LogP contribution is 2.42. The first-order valence-electron chi connectivity index (χ1n) is 8.05. The Morgan fingerprint density at radius 1 is 1.36 bits per heavy atom. The first-order valence-corrected chi connectivity index (χ1v) is 8.05. The zero-order chi connectivity index (χ0) is 15.9. The maximum Gasteiger partial charge on any atom is 0.308 e. The van der Waals surface area contributed by atoms with Gasteiger partial charge in [-0.3, -0.25) is 14.3 Å². The van der Waals surface area contributed by atoms with Gasteiger partial charge in [0.2, 0.25) is 0 Å². The van der Waals surface area contributed by atoms with Gasteiger partial charge in [-0.05, 0) is 25.2 Å². The van der Waals surface area contributed by atoms with Crippen molar-refractivity contribution in [2.24, 2.45) is 11.8 Å².